The molecule has 2 fully saturated rings. The summed E-state index contributed by atoms with van der Waals surface area (Å²) in [5.74, 6) is -0.0322. The number of carbonyl (C=O) groups excluding carboxylic acids is 2. The lowest BCUT2D eigenvalue weighted by molar-refractivity contribution is -0.127. The van der Waals surface area contributed by atoms with Gasteiger partial charge in [-0.05, 0) is 55.4 Å². The lowest BCUT2D eigenvalue weighted by atomic mass is 10.1. The quantitative estimate of drug-likeness (QED) is 0.648. The van der Waals surface area contributed by atoms with Crippen molar-refractivity contribution < 1.29 is 9.59 Å². The second-order valence-electron chi connectivity index (χ2n) is 8.83. The second-order valence-corrected chi connectivity index (χ2v) is 8.83. The number of aryl methyl sites for hydroxylation is 1. The van der Waals surface area contributed by atoms with Gasteiger partial charge in [0, 0.05) is 43.6 Å². The van der Waals surface area contributed by atoms with Gasteiger partial charge in [0.15, 0.2) is 0 Å². The number of hydrogen-bond donors (Lipinski definition) is 2. The fraction of sp³-hybridized carbons (Fsp3) is 0.542. The maximum Gasteiger partial charge on any atom is 0.246 e. The first-order valence-corrected chi connectivity index (χ1v) is 11.5. The van der Waals surface area contributed by atoms with Gasteiger partial charge in [-0.25, -0.2) is 0 Å². The van der Waals surface area contributed by atoms with Crippen molar-refractivity contribution in [2.24, 2.45) is 13.0 Å². The van der Waals surface area contributed by atoms with Crippen LogP contribution in [0.3, 0.4) is 0 Å². The molecule has 2 aliphatic rings. The summed E-state index contributed by atoms with van der Waals surface area (Å²) in [4.78, 5) is 28.2. The molecule has 2 N–H and O–H groups in total. The van der Waals surface area contributed by atoms with Crippen molar-refractivity contribution in [3.8, 4) is 0 Å². The third-order valence-electron chi connectivity index (χ3n) is 6.34. The van der Waals surface area contributed by atoms with Crippen LogP contribution in [0.4, 0.5) is 11.4 Å². The topological polar surface area (TPSA) is 79.3 Å². The van der Waals surface area contributed by atoms with Crippen LogP contribution in [0.25, 0.3) is 0 Å². The van der Waals surface area contributed by atoms with E-state index in [9.17, 15) is 9.59 Å². The molecule has 0 bridgehead atoms. The maximum absolute atomic E-state index is 13.0. The summed E-state index contributed by atoms with van der Waals surface area (Å²) in [6.07, 6.45) is 9.54. The molecule has 3 unspecified atom stereocenters. The van der Waals surface area contributed by atoms with Crippen LogP contribution in [0, 0.1) is 5.92 Å². The molecule has 1 aromatic carbocycles. The van der Waals surface area contributed by atoms with Crippen molar-refractivity contribution >= 4 is 23.2 Å². The van der Waals surface area contributed by atoms with Gasteiger partial charge >= 0.3 is 0 Å². The zero-order valence-electron chi connectivity index (χ0n) is 18.5. The molecule has 166 valence electrons. The van der Waals surface area contributed by atoms with Crippen molar-refractivity contribution in [2.75, 3.05) is 23.3 Å². The van der Waals surface area contributed by atoms with Crippen molar-refractivity contribution in [3.63, 3.8) is 0 Å². The summed E-state index contributed by atoms with van der Waals surface area (Å²) < 4.78 is 1.76. The molecule has 2 heterocycles. The number of carbonyl (C=O) groups is 2. The number of amides is 2. The zero-order chi connectivity index (χ0) is 21.8. The fourth-order valence-electron chi connectivity index (χ4n) is 4.43. The van der Waals surface area contributed by atoms with Crippen LogP contribution >= 0.6 is 0 Å². The lowest BCUT2D eigenvalue weighted by Crippen LogP contribution is -2.44. The first kappa shape index (κ1) is 21.4. The molecule has 1 aromatic heterocycles. The molecule has 2 amide bonds. The average Bonchev–Trinajstić information content (AvgIpc) is 3.15. The van der Waals surface area contributed by atoms with Crippen LogP contribution in [-0.2, 0) is 16.6 Å². The predicted molar refractivity (Wildman–Crippen MR) is 122 cm³/mol. The van der Waals surface area contributed by atoms with Crippen LogP contribution in [0.1, 0.15) is 56.9 Å². The third kappa shape index (κ3) is 5.27. The summed E-state index contributed by atoms with van der Waals surface area (Å²) in [7, 11) is 1.88. The van der Waals surface area contributed by atoms with E-state index >= 15 is 0 Å². The Bertz CT molecular complexity index is 918. The van der Waals surface area contributed by atoms with Crippen LogP contribution in [0.5, 0.6) is 0 Å². The molecule has 3 atom stereocenters. The average molecular weight is 424 g/mol. The summed E-state index contributed by atoms with van der Waals surface area (Å²) in [5.41, 5.74) is 3.02. The number of hydrogen-bond acceptors (Lipinski definition) is 4. The highest BCUT2D eigenvalue weighted by molar-refractivity contribution is 5.98. The number of anilines is 2. The number of benzene rings is 1. The van der Waals surface area contributed by atoms with Gasteiger partial charge in [0.05, 0.1) is 6.20 Å². The summed E-state index contributed by atoms with van der Waals surface area (Å²) in [6, 6.07) is 7.49. The monoisotopic (exact) mass is 423 g/mol. The highest BCUT2D eigenvalue weighted by Crippen LogP contribution is 2.47. The van der Waals surface area contributed by atoms with Gasteiger partial charge < -0.3 is 15.5 Å². The third-order valence-corrected chi connectivity index (χ3v) is 6.34. The largest absolute Gasteiger partial charge is 0.371 e. The SMILES string of the molecule is CCCCC(NC(=O)C1CC1c1cnn(C)c1)C(=O)Nc1cccc(N2CCCC2)c1. The minimum atomic E-state index is -0.516. The molecule has 2 aromatic rings. The minimum Gasteiger partial charge on any atom is -0.371 e. The van der Waals surface area contributed by atoms with Crippen molar-refractivity contribution in [2.45, 2.75) is 57.4 Å². The molecule has 7 nitrogen and oxygen atoms in total. The lowest BCUT2D eigenvalue weighted by Gasteiger charge is -2.21. The Kier molecular flexibility index (Phi) is 6.59. The van der Waals surface area contributed by atoms with E-state index < -0.39 is 6.04 Å². The summed E-state index contributed by atoms with van der Waals surface area (Å²) in [5, 5.41) is 10.3. The van der Waals surface area contributed by atoms with E-state index in [0.717, 1.165) is 49.3 Å². The molecule has 4 rings (SSSR count). The molecule has 1 aliphatic carbocycles. The Morgan fingerprint density at radius 3 is 2.77 bits per heavy atom. The number of nitrogens with zero attached hydrogens (tertiary/aromatic N) is 3. The minimum absolute atomic E-state index is 0.0316. The summed E-state index contributed by atoms with van der Waals surface area (Å²) >= 11 is 0. The first-order chi connectivity index (χ1) is 15.0. The van der Waals surface area contributed by atoms with Crippen molar-refractivity contribution in [1.82, 2.24) is 15.1 Å². The van der Waals surface area contributed by atoms with Crippen LogP contribution in [-0.4, -0.2) is 40.7 Å². The Morgan fingerprint density at radius 1 is 1.26 bits per heavy atom. The summed E-state index contributed by atoms with van der Waals surface area (Å²) in [6.45, 7) is 4.22. The Hall–Kier alpha value is -2.83. The Labute approximate surface area is 184 Å². The molecule has 0 spiro atoms. The van der Waals surface area contributed by atoms with E-state index in [4.69, 9.17) is 0 Å². The van der Waals surface area contributed by atoms with Gasteiger partial charge in [0.1, 0.15) is 6.04 Å². The second kappa shape index (κ2) is 9.54. The van der Waals surface area contributed by atoms with Crippen molar-refractivity contribution in [3.05, 3.63) is 42.2 Å². The molecule has 1 saturated heterocycles. The van der Waals surface area contributed by atoms with Gasteiger partial charge in [0.25, 0.3) is 0 Å². The number of unbranched alkanes of at least 4 members (excludes halogenated alkanes) is 1. The number of aromatic nitrogens is 2. The number of nitrogens with one attached hydrogen (secondary N) is 2. The number of rotatable bonds is 9. The van der Waals surface area contributed by atoms with Gasteiger partial charge in [-0.2, -0.15) is 5.10 Å². The molecule has 1 aliphatic heterocycles. The standard InChI is InChI=1S/C24H33N5O2/c1-3-4-10-22(27-23(30)21-14-20(21)17-15-25-28(2)16-17)24(31)26-18-8-7-9-19(13-18)29-11-5-6-12-29/h7-9,13,15-16,20-22H,3-6,10-12,14H2,1-2H3,(H,26,31)(H,27,30). The van der Waals surface area contributed by atoms with Crippen LogP contribution in [0.2, 0.25) is 0 Å². The van der Waals surface area contributed by atoms with Gasteiger partial charge in [0.2, 0.25) is 11.8 Å². The Balaban J connectivity index is 1.37. The van der Waals surface area contributed by atoms with Crippen LogP contribution < -0.4 is 15.5 Å². The van der Waals surface area contributed by atoms with Crippen LogP contribution in [0.15, 0.2) is 36.7 Å². The maximum atomic E-state index is 13.0. The first-order valence-electron chi connectivity index (χ1n) is 11.5. The van der Waals surface area contributed by atoms with Gasteiger partial charge in [-0.1, -0.05) is 25.8 Å². The molecule has 7 heteroatoms. The highest BCUT2D eigenvalue weighted by Gasteiger charge is 2.45. The predicted octanol–water partition coefficient (Wildman–Crippen LogP) is 3.44. The van der Waals surface area contributed by atoms with E-state index in [1.54, 1.807) is 4.68 Å². The van der Waals surface area contributed by atoms with Gasteiger partial charge in [-0.15, -0.1) is 0 Å². The fourth-order valence-corrected chi connectivity index (χ4v) is 4.43. The molecular formula is C24H33N5O2. The molecular weight excluding hydrogens is 390 g/mol. The van der Waals surface area contributed by atoms with E-state index in [-0.39, 0.29) is 23.7 Å². The van der Waals surface area contributed by atoms with E-state index in [2.05, 4.69) is 33.6 Å². The van der Waals surface area contributed by atoms with E-state index in [1.807, 2.05) is 37.6 Å². The zero-order valence-corrected chi connectivity index (χ0v) is 18.5. The Morgan fingerprint density at radius 2 is 2.06 bits per heavy atom. The normalized spacial score (nSPS) is 21.0. The molecule has 0 radical (unpaired) electrons. The molecule has 31 heavy (non-hydrogen) atoms. The molecule has 1 saturated carbocycles. The van der Waals surface area contributed by atoms with Crippen molar-refractivity contribution in [1.29, 1.82) is 0 Å². The van der Waals surface area contributed by atoms with E-state index in [1.165, 1.54) is 12.8 Å². The highest BCUT2D eigenvalue weighted by atomic mass is 16.2. The van der Waals surface area contributed by atoms with Gasteiger partial charge in [-0.3, -0.25) is 14.3 Å². The smallest absolute Gasteiger partial charge is 0.246 e. The van der Waals surface area contributed by atoms with E-state index in [0.29, 0.717) is 6.42 Å².